The fraction of sp³-hybridized carbons (Fsp3) is 0.870. The standard InChI is InChI=1S/C23H37N3O6/c1-4-24(13-22(14-30-2)19(27)17-5-9-25(22)10-6-17)21(29)32-16-23(15-31-3)20(28)18-7-11-26(23)12-8-18/h17-18H,4-16H2,1-3H3/t22-,23+/m1/s1. The number of carbonyl (C=O) groups excluding carboxylic acids is 3. The molecule has 1 amide bonds. The van der Waals surface area contributed by atoms with Gasteiger partial charge in [-0.3, -0.25) is 19.4 Å². The van der Waals surface area contributed by atoms with E-state index in [-0.39, 0.29) is 49.8 Å². The number of methoxy groups -OCH3 is 2. The molecule has 0 aromatic carbocycles. The van der Waals surface area contributed by atoms with Crippen LogP contribution in [0.1, 0.15) is 32.6 Å². The van der Waals surface area contributed by atoms with E-state index in [2.05, 4.69) is 9.80 Å². The lowest BCUT2D eigenvalue weighted by molar-refractivity contribution is -0.159. The topological polar surface area (TPSA) is 88.6 Å². The summed E-state index contributed by atoms with van der Waals surface area (Å²) in [7, 11) is 3.17. The molecule has 6 aliphatic heterocycles. The highest BCUT2D eigenvalue weighted by Gasteiger charge is 2.56. The average molecular weight is 452 g/mol. The normalized spacial score (nSPS) is 38.2. The number of likely N-dealkylation sites (N-methyl/N-ethyl adjacent to an activating group) is 1. The molecule has 2 atom stereocenters. The van der Waals surface area contributed by atoms with Crippen LogP contribution < -0.4 is 0 Å². The van der Waals surface area contributed by atoms with Gasteiger partial charge in [0.2, 0.25) is 0 Å². The van der Waals surface area contributed by atoms with Gasteiger partial charge in [0.05, 0.1) is 19.8 Å². The SMILES string of the molecule is CCN(C[C@@]1(COC)C(=O)C2CCN1CC2)C(=O)OC[C@@]1(COC)C(=O)C2CCN1CC2. The number of piperidine rings is 6. The highest BCUT2D eigenvalue weighted by molar-refractivity contribution is 5.93. The van der Waals surface area contributed by atoms with Crippen molar-refractivity contribution in [3.8, 4) is 0 Å². The molecule has 6 heterocycles. The van der Waals surface area contributed by atoms with Crippen LogP contribution in [0.15, 0.2) is 0 Å². The number of hydrogen-bond donors (Lipinski definition) is 0. The van der Waals surface area contributed by atoms with Crippen LogP contribution in [-0.2, 0) is 23.8 Å². The van der Waals surface area contributed by atoms with Crippen molar-refractivity contribution in [3.05, 3.63) is 0 Å². The highest BCUT2D eigenvalue weighted by Crippen LogP contribution is 2.38. The number of fused-ring (bicyclic) bond motifs is 6. The Labute approximate surface area is 190 Å². The van der Waals surface area contributed by atoms with Gasteiger partial charge in [-0.15, -0.1) is 0 Å². The molecule has 0 unspecified atom stereocenters. The predicted molar refractivity (Wildman–Crippen MR) is 116 cm³/mol. The van der Waals surface area contributed by atoms with Crippen molar-refractivity contribution in [1.82, 2.24) is 14.7 Å². The number of carbonyl (C=O) groups is 3. The second-order valence-corrected chi connectivity index (χ2v) is 9.75. The van der Waals surface area contributed by atoms with E-state index in [1.165, 1.54) is 0 Å². The van der Waals surface area contributed by atoms with Gasteiger partial charge in [0, 0.05) is 45.7 Å². The van der Waals surface area contributed by atoms with Crippen molar-refractivity contribution < 1.29 is 28.6 Å². The quantitative estimate of drug-likeness (QED) is 0.509. The van der Waals surface area contributed by atoms with E-state index in [1.807, 2.05) is 6.92 Å². The lowest BCUT2D eigenvalue weighted by atomic mass is 9.73. The minimum absolute atomic E-state index is 0.0179. The van der Waals surface area contributed by atoms with Gasteiger partial charge < -0.3 is 19.1 Å². The monoisotopic (exact) mass is 451 g/mol. The van der Waals surface area contributed by atoms with Gasteiger partial charge in [0.25, 0.3) is 0 Å². The summed E-state index contributed by atoms with van der Waals surface area (Å²) in [4.78, 5) is 45.5. The fourth-order valence-corrected chi connectivity index (χ4v) is 6.33. The van der Waals surface area contributed by atoms with E-state index in [0.717, 1.165) is 51.9 Å². The number of Topliss-reactive ketones (excluding diaryl/α,β-unsaturated/α-hetero) is 2. The second kappa shape index (κ2) is 9.37. The molecule has 180 valence electrons. The average Bonchev–Trinajstić information content (AvgIpc) is 2.82. The molecule has 4 bridgehead atoms. The Kier molecular flexibility index (Phi) is 6.91. The van der Waals surface area contributed by atoms with E-state index in [9.17, 15) is 14.4 Å². The van der Waals surface area contributed by atoms with Gasteiger partial charge in [0.15, 0.2) is 11.6 Å². The van der Waals surface area contributed by atoms with Gasteiger partial charge in [-0.05, 0) is 45.7 Å². The Balaban J connectivity index is 1.48. The molecule has 6 saturated heterocycles. The largest absolute Gasteiger partial charge is 0.447 e. The molecule has 0 saturated carbocycles. The highest BCUT2D eigenvalue weighted by atomic mass is 16.6. The molecule has 0 radical (unpaired) electrons. The third kappa shape index (κ3) is 3.77. The summed E-state index contributed by atoms with van der Waals surface area (Å²) in [6, 6.07) is 0. The first-order valence-corrected chi connectivity index (χ1v) is 11.9. The maximum atomic E-state index is 13.3. The third-order valence-corrected chi connectivity index (χ3v) is 8.15. The van der Waals surface area contributed by atoms with Crippen molar-refractivity contribution >= 4 is 17.7 Å². The molecular weight excluding hydrogens is 414 g/mol. The third-order valence-electron chi connectivity index (χ3n) is 8.15. The van der Waals surface area contributed by atoms with Crippen LogP contribution in [-0.4, -0.2) is 117 Å². The summed E-state index contributed by atoms with van der Waals surface area (Å²) in [6.07, 6.45) is 2.97. The zero-order valence-electron chi connectivity index (χ0n) is 19.6. The summed E-state index contributed by atoms with van der Waals surface area (Å²) in [5.41, 5.74) is -1.73. The van der Waals surface area contributed by atoms with Gasteiger partial charge in [-0.25, -0.2) is 4.79 Å². The second-order valence-electron chi connectivity index (χ2n) is 9.75. The number of nitrogens with zero attached hydrogens (tertiary/aromatic N) is 3. The predicted octanol–water partition coefficient (Wildman–Crippen LogP) is 0.805. The first-order chi connectivity index (χ1) is 15.4. The number of amides is 1. The lowest BCUT2D eigenvalue weighted by Gasteiger charge is -2.53. The maximum absolute atomic E-state index is 13.3. The van der Waals surface area contributed by atoms with Crippen LogP contribution in [0.3, 0.4) is 0 Å². The molecule has 9 nitrogen and oxygen atoms in total. The van der Waals surface area contributed by atoms with Crippen LogP contribution in [0, 0.1) is 11.8 Å². The summed E-state index contributed by atoms with van der Waals surface area (Å²) >= 11 is 0. The van der Waals surface area contributed by atoms with Crippen LogP contribution in [0.2, 0.25) is 0 Å². The number of rotatable bonds is 9. The molecule has 0 spiro atoms. The van der Waals surface area contributed by atoms with Crippen molar-refractivity contribution in [1.29, 1.82) is 0 Å². The lowest BCUT2D eigenvalue weighted by Crippen LogP contribution is -2.71. The van der Waals surface area contributed by atoms with Crippen LogP contribution >= 0.6 is 0 Å². The van der Waals surface area contributed by atoms with Gasteiger partial charge in [-0.2, -0.15) is 0 Å². The van der Waals surface area contributed by atoms with E-state index in [0.29, 0.717) is 6.54 Å². The van der Waals surface area contributed by atoms with Crippen molar-refractivity contribution in [2.75, 3.05) is 73.3 Å². The zero-order valence-corrected chi connectivity index (χ0v) is 19.6. The molecule has 6 aliphatic rings. The van der Waals surface area contributed by atoms with Crippen LogP contribution in [0.25, 0.3) is 0 Å². The van der Waals surface area contributed by atoms with E-state index < -0.39 is 17.2 Å². The summed E-state index contributed by atoms with van der Waals surface area (Å²) in [5.74, 6) is 0.349. The molecular formula is C23H37N3O6. The minimum Gasteiger partial charge on any atom is -0.447 e. The Morgan fingerprint density at radius 3 is 1.78 bits per heavy atom. The van der Waals surface area contributed by atoms with E-state index >= 15 is 0 Å². The molecule has 9 heteroatoms. The molecule has 0 aromatic heterocycles. The van der Waals surface area contributed by atoms with Gasteiger partial charge in [0.1, 0.15) is 17.7 Å². The van der Waals surface area contributed by atoms with Gasteiger partial charge >= 0.3 is 6.09 Å². The Morgan fingerprint density at radius 1 is 0.875 bits per heavy atom. The first kappa shape index (κ1) is 23.6. The molecule has 6 fully saturated rings. The van der Waals surface area contributed by atoms with E-state index in [1.54, 1.807) is 19.1 Å². The Bertz CT molecular complexity index is 731. The van der Waals surface area contributed by atoms with Gasteiger partial charge in [-0.1, -0.05) is 0 Å². The number of ketones is 2. The molecule has 0 aliphatic carbocycles. The Morgan fingerprint density at radius 2 is 1.34 bits per heavy atom. The molecule has 32 heavy (non-hydrogen) atoms. The zero-order chi connectivity index (χ0) is 22.9. The molecule has 0 aromatic rings. The maximum Gasteiger partial charge on any atom is 0.409 e. The fourth-order valence-electron chi connectivity index (χ4n) is 6.33. The number of hydrogen-bond acceptors (Lipinski definition) is 8. The Hall–Kier alpha value is -1.55. The van der Waals surface area contributed by atoms with E-state index in [4.69, 9.17) is 14.2 Å². The number of ether oxygens (including phenoxy) is 3. The van der Waals surface area contributed by atoms with Crippen LogP contribution in [0.5, 0.6) is 0 Å². The molecule has 6 rings (SSSR count). The van der Waals surface area contributed by atoms with Crippen molar-refractivity contribution in [2.24, 2.45) is 11.8 Å². The summed E-state index contributed by atoms with van der Waals surface area (Å²) in [6.45, 7) is 6.29. The van der Waals surface area contributed by atoms with Crippen molar-refractivity contribution in [3.63, 3.8) is 0 Å². The smallest absolute Gasteiger partial charge is 0.409 e. The van der Waals surface area contributed by atoms with Crippen LogP contribution in [0.4, 0.5) is 4.79 Å². The minimum atomic E-state index is -0.904. The first-order valence-electron chi connectivity index (χ1n) is 11.9. The molecule has 0 N–H and O–H groups in total. The van der Waals surface area contributed by atoms with Crippen molar-refractivity contribution in [2.45, 2.75) is 43.7 Å². The summed E-state index contributed by atoms with van der Waals surface area (Å²) in [5, 5.41) is 0. The summed E-state index contributed by atoms with van der Waals surface area (Å²) < 4.78 is 16.7.